The minimum absolute atomic E-state index is 0.0259. The summed E-state index contributed by atoms with van der Waals surface area (Å²) in [6.45, 7) is 4.65. The van der Waals surface area contributed by atoms with E-state index in [1.807, 2.05) is 19.0 Å². The number of ether oxygens (including phenoxy) is 1. The van der Waals surface area contributed by atoms with Crippen molar-refractivity contribution in [2.24, 2.45) is 11.3 Å². The molecule has 0 aliphatic carbocycles. The van der Waals surface area contributed by atoms with Crippen molar-refractivity contribution >= 4 is 33.4 Å². The van der Waals surface area contributed by atoms with Crippen LogP contribution in [-0.2, 0) is 9.53 Å². The maximum Gasteiger partial charge on any atom is 0.264 e. The van der Waals surface area contributed by atoms with Gasteiger partial charge in [-0.3, -0.25) is 14.4 Å². The van der Waals surface area contributed by atoms with Crippen molar-refractivity contribution in [3.63, 3.8) is 0 Å². The molecule has 9 nitrogen and oxygen atoms in total. The third kappa shape index (κ3) is 3.34. The number of rotatable bonds is 5. The molecule has 2 amide bonds. The van der Waals surface area contributed by atoms with Crippen molar-refractivity contribution in [1.82, 2.24) is 25.1 Å². The van der Waals surface area contributed by atoms with E-state index >= 15 is 0 Å². The van der Waals surface area contributed by atoms with Crippen LogP contribution in [0.4, 0.5) is 0 Å². The number of carbonyl (C=O) groups is 2. The van der Waals surface area contributed by atoms with Crippen LogP contribution in [-0.4, -0.2) is 85.1 Å². The molecule has 2 fully saturated rings. The SMILES string of the molecule is Cc1c(C(=O)N2C[C@H]3COC[C@@]3(C(=O)NCCN(C)C)C2)sc2nc[nH]c(=O)c12. The second kappa shape index (κ2) is 7.51. The Morgan fingerprint density at radius 1 is 1.48 bits per heavy atom. The summed E-state index contributed by atoms with van der Waals surface area (Å²) in [5, 5.41) is 3.46. The van der Waals surface area contributed by atoms with Crippen LogP contribution in [0, 0.1) is 18.3 Å². The number of aromatic amines is 1. The summed E-state index contributed by atoms with van der Waals surface area (Å²) >= 11 is 1.23. The third-order valence-corrected chi connectivity index (χ3v) is 7.07. The number of H-pyrrole nitrogens is 1. The Hall–Kier alpha value is -2.30. The van der Waals surface area contributed by atoms with E-state index in [0.29, 0.717) is 53.5 Å². The monoisotopic (exact) mass is 419 g/mol. The number of nitrogens with zero attached hydrogens (tertiary/aromatic N) is 3. The molecule has 0 bridgehead atoms. The quantitative estimate of drug-likeness (QED) is 0.710. The van der Waals surface area contributed by atoms with Gasteiger partial charge in [0.25, 0.3) is 11.5 Å². The predicted molar refractivity (Wildman–Crippen MR) is 109 cm³/mol. The number of nitrogens with one attached hydrogen (secondary N) is 2. The largest absolute Gasteiger partial charge is 0.380 e. The number of likely N-dealkylation sites (tertiary alicyclic amines) is 1. The topological polar surface area (TPSA) is 108 Å². The maximum atomic E-state index is 13.3. The molecule has 4 heterocycles. The van der Waals surface area contributed by atoms with E-state index in [9.17, 15) is 14.4 Å². The van der Waals surface area contributed by atoms with Crippen LogP contribution in [0.1, 0.15) is 15.2 Å². The van der Waals surface area contributed by atoms with Crippen molar-refractivity contribution < 1.29 is 14.3 Å². The molecule has 0 unspecified atom stereocenters. The molecule has 0 radical (unpaired) electrons. The van der Waals surface area contributed by atoms with Crippen molar-refractivity contribution in [1.29, 1.82) is 0 Å². The highest BCUT2D eigenvalue weighted by Gasteiger charge is 2.56. The molecule has 4 rings (SSSR count). The number of carbonyl (C=O) groups excluding carboxylic acids is 2. The number of hydrogen-bond acceptors (Lipinski definition) is 7. The lowest BCUT2D eigenvalue weighted by atomic mass is 9.80. The van der Waals surface area contributed by atoms with E-state index < -0.39 is 5.41 Å². The van der Waals surface area contributed by atoms with Gasteiger partial charge < -0.3 is 24.8 Å². The first-order chi connectivity index (χ1) is 13.8. The minimum Gasteiger partial charge on any atom is -0.380 e. The van der Waals surface area contributed by atoms with Crippen LogP contribution >= 0.6 is 11.3 Å². The van der Waals surface area contributed by atoms with Gasteiger partial charge in [-0.15, -0.1) is 11.3 Å². The number of likely N-dealkylation sites (N-methyl/N-ethyl adjacent to an activating group) is 1. The summed E-state index contributed by atoms with van der Waals surface area (Å²) in [7, 11) is 3.91. The second-order valence-corrected chi connectivity index (χ2v) is 9.08. The zero-order valence-electron chi connectivity index (χ0n) is 16.8. The van der Waals surface area contributed by atoms with Gasteiger partial charge in [0, 0.05) is 32.1 Å². The first kappa shape index (κ1) is 20.0. The van der Waals surface area contributed by atoms with Crippen LogP contribution in [0.5, 0.6) is 0 Å². The van der Waals surface area contributed by atoms with Gasteiger partial charge in [0.05, 0.1) is 35.2 Å². The molecular weight excluding hydrogens is 394 g/mol. The summed E-state index contributed by atoms with van der Waals surface area (Å²) in [6.07, 6.45) is 1.35. The average Bonchev–Trinajstić information content (AvgIpc) is 3.32. The molecule has 2 N–H and O–H groups in total. The maximum absolute atomic E-state index is 13.3. The van der Waals surface area contributed by atoms with Gasteiger partial charge in [0.2, 0.25) is 5.91 Å². The fourth-order valence-corrected chi connectivity index (χ4v) is 5.32. The molecule has 2 aliphatic heterocycles. The highest BCUT2D eigenvalue weighted by atomic mass is 32.1. The number of aromatic nitrogens is 2. The Morgan fingerprint density at radius 2 is 2.28 bits per heavy atom. The number of thiophene rings is 1. The smallest absolute Gasteiger partial charge is 0.264 e. The van der Waals surface area contributed by atoms with E-state index in [1.54, 1.807) is 11.8 Å². The zero-order chi connectivity index (χ0) is 20.8. The molecule has 29 heavy (non-hydrogen) atoms. The molecule has 0 saturated carbocycles. The molecule has 2 saturated heterocycles. The van der Waals surface area contributed by atoms with Crippen LogP contribution in [0.3, 0.4) is 0 Å². The first-order valence-electron chi connectivity index (χ1n) is 9.60. The molecule has 156 valence electrons. The number of aryl methyl sites for hydroxylation is 1. The summed E-state index contributed by atoms with van der Waals surface area (Å²) in [5.74, 6) is -0.231. The Kier molecular flexibility index (Phi) is 5.18. The van der Waals surface area contributed by atoms with Gasteiger partial charge in [-0.1, -0.05) is 0 Å². The number of fused-ring (bicyclic) bond motifs is 2. The molecule has 2 aromatic rings. The Balaban J connectivity index is 1.56. The van der Waals surface area contributed by atoms with Crippen LogP contribution in [0.2, 0.25) is 0 Å². The average molecular weight is 420 g/mol. The Labute approximate surface area is 172 Å². The minimum atomic E-state index is -0.706. The fraction of sp³-hybridized carbons (Fsp3) is 0.579. The van der Waals surface area contributed by atoms with Gasteiger partial charge in [0.15, 0.2) is 0 Å². The van der Waals surface area contributed by atoms with Gasteiger partial charge in [-0.25, -0.2) is 4.98 Å². The van der Waals surface area contributed by atoms with Crippen LogP contribution < -0.4 is 10.9 Å². The van der Waals surface area contributed by atoms with Gasteiger partial charge in [-0.05, 0) is 26.6 Å². The molecule has 2 atom stereocenters. The standard InChI is InChI=1S/C19H25N5O4S/c1-11-13-15(25)21-10-22-16(13)29-14(11)17(26)24-6-12-7-28-9-19(12,8-24)18(27)20-4-5-23(2)3/h10,12H,4-9H2,1-3H3,(H,20,27)(H,21,22,25)/t12-,19-/m0/s1. The van der Waals surface area contributed by atoms with E-state index in [0.717, 1.165) is 6.54 Å². The molecule has 0 spiro atoms. The highest BCUT2D eigenvalue weighted by Crippen LogP contribution is 2.42. The zero-order valence-corrected chi connectivity index (χ0v) is 17.6. The summed E-state index contributed by atoms with van der Waals surface area (Å²) in [4.78, 5) is 49.9. The van der Waals surface area contributed by atoms with Crippen molar-refractivity contribution in [3.8, 4) is 0 Å². The predicted octanol–water partition coefficient (Wildman–Crippen LogP) is 0.0594. The number of hydrogen-bond donors (Lipinski definition) is 2. The first-order valence-corrected chi connectivity index (χ1v) is 10.4. The molecule has 2 aromatic heterocycles. The number of amides is 2. The molecule has 2 aliphatic rings. The lowest BCUT2D eigenvalue weighted by Crippen LogP contribution is -2.48. The summed E-state index contributed by atoms with van der Waals surface area (Å²) in [5.41, 5.74) is -0.309. The van der Waals surface area contributed by atoms with E-state index in [-0.39, 0.29) is 23.3 Å². The van der Waals surface area contributed by atoms with Crippen molar-refractivity contribution in [3.05, 3.63) is 27.1 Å². The van der Waals surface area contributed by atoms with Gasteiger partial charge >= 0.3 is 0 Å². The second-order valence-electron chi connectivity index (χ2n) is 8.08. The van der Waals surface area contributed by atoms with Gasteiger partial charge in [-0.2, -0.15) is 0 Å². The van der Waals surface area contributed by atoms with E-state index in [1.165, 1.54) is 17.7 Å². The summed E-state index contributed by atoms with van der Waals surface area (Å²) in [6, 6.07) is 0. The molecule has 10 heteroatoms. The van der Waals surface area contributed by atoms with Crippen molar-refractivity contribution in [2.45, 2.75) is 6.92 Å². The molecular formula is C19H25N5O4S. The van der Waals surface area contributed by atoms with Crippen LogP contribution in [0.15, 0.2) is 11.1 Å². The van der Waals surface area contributed by atoms with Crippen LogP contribution in [0.25, 0.3) is 10.2 Å². The van der Waals surface area contributed by atoms with E-state index in [4.69, 9.17) is 4.74 Å². The lowest BCUT2D eigenvalue weighted by Gasteiger charge is -2.26. The Morgan fingerprint density at radius 3 is 3.00 bits per heavy atom. The Bertz CT molecular complexity index is 1020. The molecule has 0 aromatic carbocycles. The highest BCUT2D eigenvalue weighted by molar-refractivity contribution is 7.20. The van der Waals surface area contributed by atoms with Crippen molar-refractivity contribution in [2.75, 3.05) is 53.5 Å². The lowest BCUT2D eigenvalue weighted by molar-refractivity contribution is -0.131. The summed E-state index contributed by atoms with van der Waals surface area (Å²) < 4.78 is 5.62. The van der Waals surface area contributed by atoms with E-state index in [2.05, 4.69) is 15.3 Å². The third-order valence-electron chi connectivity index (χ3n) is 5.88. The van der Waals surface area contributed by atoms with Gasteiger partial charge in [0.1, 0.15) is 4.83 Å². The fourth-order valence-electron chi connectivity index (χ4n) is 4.21. The normalized spacial score (nSPS) is 23.7.